The Kier molecular flexibility index (Phi) is 6.03. The summed E-state index contributed by atoms with van der Waals surface area (Å²) in [5.41, 5.74) is -0.347. The minimum atomic E-state index is -4.01. The molecule has 0 saturated heterocycles. The maximum atomic E-state index is 12.8. The summed E-state index contributed by atoms with van der Waals surface area (Å²) < 4.78 is 77.2. The molecule has 0 bridgehead atoms. The Morgan fingerprint density at radius 1 is 0.690 bits per heavy atom. The average Bonchev–Trinajstić information content (AvgIpc) is 2.70. The summed E-state index contributed by atoms with van der Waals surface area (Å²) in [6, 6.07) is 18.5. The van der Waals surface area contributed by atoms with Crippen LogP contribution in [0.2, 0.25) is 0 Å². The maximum absolute atomic E-state index is 12.8. The predicted molar refractivity (Wildman–Crippen MR) is 108 cm³/mol. The fraction of sp³-hybridized carbons (Fsp3) is 0. The highest BCUT2D eigenvalue weighted by atomic mass is 32.2. The smallest absolute Gasteiger partial charge is 0.261 e. The molecule has 1 atom stereocenters. The van der Waals surface area contributed by atoms with E-state index in [1.807, 2.05) is 4.72 Å². The summed E-state index contributed by atoms with van der Waals surface area (Å²) in [5.74, 6) is 0. The third kappa shape index (κ3) is 4.82. The monoisotopic (exact) mass is 451 g/mol. The number of hydrogen-bond donors (Lipinski definition) is 2. The molecule has 8 nitrogen and oxygen atoms in total. The van der Waals surface area contributed by atoms with Crippen LogP contribution in [0, 0.1) is 0 Å². The van der Waals surface area contributed by atoms with Crippen molar-refractivity contribution in [2.45, 2.75) is 14.7 Å². The molecule has 11 heteroatoms. The second kappa shape index (κ2) is 8.33. The molecule has 3 aromatic rings. The lowest BCUT2D eigenvalue weighted by Gasteiger charge is -2.17. The van der Waals surface area contributed by atoms with Crippen molar-refractivity contribution in [3.63, 3.8) is 0 Å². The quantitative estimate of drug-likeness (QED) is 0.531. The number of hydrogen-bond acceptors (Lipinski definition) is 6. The van der Waals surface area contributed by atoms with Gasteiger partial charge in [0.25, 0.3) is 10.0 Å². The van der Waals surface area contributed by atoms with E-state index in [0.29, 0.717) is 0 Å². The molecule has 0 radical (unpaired) electrons. The number of sulfonamides is 1. The molecule has 0 aliphatic heterocycles. The van der Waals surface area contributed by atoms with Gasteiger partial charge in [-0.2, -0.15) is 0 Å². The molecule has 3 aromatic carbocycles. The van der Waals surface area contributed by atoms with Crippen molar-refractivity contribution in [2.75, 3.05) is 9.44 Å². The Morgan fingerprint density at radius 2 is 1.24 bits per heavy atom. The fourth-order valence-electron chi connectivity index (χ4n) is 2.49. The second-order valence-electron chi connectivity index (χ2n) is 5.78. The van der Waals surface area contributed by atoms with Crippen molar-refractivity contribution in [2.24, 2.45) is 0 Å². The standard InChI is InChI=1S/C18H16N2O6S3/c21-27(22)19-18-13-16(28(23,24)14-7-3-1-4-8-14)11-12-17(18)20-29(25,26)15-9-5-2-6-10-15/h1-13,19-20H,(H,21,22)/p-1. The summed E-state index contributed by atoms with van der Waals surface area (Å²) >= 11 is -2.81. The summed E-state index contributed by atoms with van der Waals surface area (Å²) in [6.07, 6.45) is 0. The molecule has 0 aliphatic carbocycles. The lowest BCUT2D eigenvalue weighted by molar-refractivity contribution is 0.542. The number of benzene rings is 3. The van der Waals surface area contributed by atoms with Crippen LogP contribution < -0.4 is 9.44 Å². The van der Waals surface area contributed by atoms with E-state index >= 15 is 0 Å². The van der Waals surface area contributed by atoms with Crippen molar-refractivity contribution in [3.8, 4) is 0 Å². The van der Waals surface area contributed by atoms with Gasteiger partial charge in [0.05, 0.1) is 26.1 Å². The van der Waals surface area contributed by atoms with Crippen LogP contribution in [-0.4, -0.2) is 25.6 Å². The lowest BCUT2D eigenvalue weighted by atomic mass is 10.3. The molecule has 29 heavy (non-hydrogen) atoms. The van der Waals surface area contributed by atoms with Crippen LogP contribution in [0.3, 0.4) is 0 Å². The van der Waals surface area contributed by atoms with Crippen LogP contribution in [0.15, 0.2) is 93.5 Å². The van der Waals surface area contributed by atoms with Crippen molar-refractivity contribution >= 4 is 42.5 Å². The normalized spacial score (nSPS) is 12.9. The fourth-order valence-corrected chi connectivity index (χ4v) is 5.25. The Hall–Kier alpha value is -2.73. The lowest BCUT2D eigenvalue weighted by Crippen LogP contribution is -2.15. The molecule has 0 heterocycles. The predicted octanol–water partition coefficient (Wildman–Crippen LogP) is 2.53. The second-order valence-corrected chi connectivity index (χ2v) is 10.1. The first-order valence-corrected chi connectivity index (χ1v) is 12.1. The minimum absolute atomic E-state index is 0.0202. The molecule has 2 N–H and O–H groups in total. The maximum Gasteiger partial charge on any atom is 0.261 e. The number of rotatable bonds is 7. The minimum Gasteiger partial charge on any atom is -0.755 e. The van der Waals surface area contributed by atoms with Gasteiger partial charge < -0.3 is 9.27 Å². The van der Waals surface area contributed by atoms with E-state index in [2.05, 4.69) is 4.72 Å². The van der Waals surface area contributed by atoms with Crippen LogP contribution in [0.1, 0.15) is 0 Å². The zero-order chi connectivity index (χ0) is 21.1. The molecule has 0 fully saturated rings. The van der Waals surface area contributed by atoms with E-state index in [1.54, 1.807) is 24.3 Å². The van der Waals surface area contributed by atoms with Gasteiger partial charge in [-0.05, 0) is 42.5 Å². The van der Waals surface area contributed by atoms with E-state index in [-0.39, 0.29) is 26.1 Å². The largest absolute Gasteiger partial charge is 0.755 e. The number of nitrogens with one attached hydrogen (secondary N) is 2. The molecule has 0 spiro atoms. The number of sulfone groups is 1. The summed E-state index contributed by atoms with van der Waals surface area (Å²) in [4.78, 5) is -0.207. The third-order valence-corrected chi connectivity index (χ3v) is 7.38. The van der Waals surface area contributed by atoms with Gasteiger partial charge in [0, 0.05) is 11.3 Å². The molecular weight excluding hydrogens is 436 g/mol. The topological polar surface area (TPSA) is 132 Å². The highest BCUT2D eigenvalue weighted by Crippen LogP contribution is 2.30. The van der Waals surface area contributed by atoms with E-state index in [1.165, 1.54) is 48.5 Å². The molecule has 0 saturated carbocycles. The van der Waals surface area contributed by atoms with E-state index in [9.17, 15) is 25.6 Å². The molecule has 152 valence electrons. The van der Waals surface area contributed by atoms with E-state index in [4.69, 9.17) is 0 Å². The molecule has 1 unspecified atom stereocenters. The van der Waals surface area contributed by atoms with E-state index in [0.717, 1.165) is 6.07 Å². The highest BCUT2D eigenvalue weighted by Gasteiger charge is 2.21. The van der Waals surface area contributed by atoms with Crippen LogP contribution in [-0.2, 0) is 31.1 Å². The number of anilines is 2. The van der Waals surface area contributed by atoms with Gasteiger partial charge in [-0.15, -0.1) is 0 Å². The van der Waals surface area contributed by atoms with Crippen LogP contribution in [0.4, 0.5) is 11.4 Å². The van der Waals surface area contributed by atoms with Gasteiger partial charge in [-0.3, -0.25) is 8.93 Å². The van der Waals surface area contributed by atoms with Gasteiger partial charge in [-0.1, -0.05) is 36.4 Å². The Balaban J connectivity index is 2.05. The molecule has 0 amide bonds. The SMILES string of the molecule is O=S([O-])Nc1cc(S(=O)(=O)c2ccccc2)ccc1NS(=O)(=O)c1ccccc1. The van der Waals surface area contributed by atoms with Crippen LogP contribution in [0.25, 0.3) is 0 Å². The first kappa shape index (κ1) is 21.0. The average molecular weight is 452 g/mol. The first-order valence-electron chi connectivity index (χ1n) is 8.08. The summed E-state index contributed by atoms with van der Waals surface area (Å²) in [7, 11) is -7.94. The Bertz CT molecular complexity index is 1250. The van der Waals surface area contributed by atoms with Crippen molar-refractivity contribution in [1.29, 1.82) is 0 Å². The summed E-state index contributed by atoms with van der Waals surface area (Å²) in [5, 5.41) is 0. The molecular formula is C18H15N2O6S3-. The van der Waals surface area contributed by atoms with Crippen molar-refractivity contribution < 1.29 is 25.6 Å². The zero-order valence-electron chi connectivity index (χ0n) is 14.7. The van der Waals surface area contributed by atoms with Gasteiger partial charge in [0.15, 0.2) is 0 Å². The molecule has 0 aromatic heterocycles. The van der Waals surface area contributed by atoms with Crippen molar-refractivity contribution in [3.05, 3.63) is 78.9 Å². The highest BCUT2D eigenvalue weighted by molar-refractivity contribution is 7.92. The van der Waals surface area contributed by atoms with Crippen LogP contribution in [0.5, 0.6) is 0 Å². The molecule has 3 rings (SSSR count). The van der Waals surface area contributed by atoms with E-state index < -0.39 is 31.1 Å². The zero-order valence-corrected chi connectivity index (χ0v) is 17.1. The Labute approximate surface area is 171 Å². The van der Waals surface area contributed by atoms with Gasteiger partial charge in [-0.25, -0.2) is 16.8 Å². The third-order valence-electron chi connectivity index (χ3n) is 3.85. The van der Waals surface area contributed by atoms with Crippen LogP contribution >= 0.6 is 0 Å². The van der Waals surface area contributed by atoms with Gasteiger partial charge in [0.2, 0.25) is 9.84 Å². The van der Waals surface area contributed by atoms with Crippen molar-refractivity contribution in [1.82, 2.24) is 0 Å². The Morgan fingerprint density at radius 3 is 1.79 bits per heavy atom. The molecule has 0 aliphatic rings. The van der Waals surface area contributed by atoms with Gasteiger partial charge >= 0.3 is 0 Å². The first-order chi connectivity index (χ1) is 13.7. The summed E-state index contributed by atoms with van der Waals surface area (Å²) in [6.45, 7) is 0. The van der Waals surface area contributed by atoms with Gasteiger partial charge in [0.1, 0.15) is 0 Å².